The summed E-state index contributed by atoms with van der Waals surface area (Å²) in [6.45, 7) is 10.1. The first kappa shape index (κ1) is 26.3. The third-order valence-corrected chi connectivity index (χ3v) is 10.8. The molecule has 3 aliphatic carbocycles. The number of rotatable bonds is 6. The third-order valence-electron chi connectivity index (χ3n) is 10.8. The molecule has 39 heavy (non-hydrogen) atoms. The molecule has 3 aromatic rings. The second kappa shape index (κ2) is 9.90. The largest absolute Gasteiger partial charge is 0.457 e. The fourth-order valence-electron chi connectivity index (χ4n) is 8.36. The van der Waals surface area contributed by atoms with E-state index in [0.29, 0.717) is 35.8 Å². The molecule has 2 fully saturated rings. The molecule has 1 heterocycles. The van der Waals surface area contributed by atoms with Gasteiger partial charge in [-0.15, -0.1) is 0 Å². The number of aliphatic hydroxyl groups excluding tert-OH is 1. The number of allylic oxidation sites excluding steroid dienone is 1. The summed E-state index contributed by atoms with van der Waals surface area (Å²) in [5, 5.41) is 15.5. The topological polar surface area (TPSA) is 73.3 Å². The van der Waals surface area contributed by atoms with Gasteiger partial charge in [0.2, 0.25) is 0 Å². The lowest BCUT2D eigenvalue weighted by Crippen LogP contribution is -2.53. The average Bonchev–Trinajstić information content (AvgIpc) is 3.48. The van der Waals surface area contributed by atoms with Crippen LogP contribution in [-0.4, -0.2) is 28.0 Å². The molecule has 6 atom stereocenters. The molecule has 0 aliphatic heterocycles. The van der Waals surface area contributed by atoms with Crippen molar-refractivity contribution in [2.24, 2.45) is 40.2 Å². The number of nitrogens with zero attached hydrogens (tertiary/aromatic N) is 2. The number of benzene rings is 2. The second-order valence-corrected chi connectivity index (χ2v) is 12.6. The first-order chi connectivity index (χ1) is 18.8. The zero-order valence-electron chi connectivity index (χ0n) is 23.1. The molecule has 3 N–H and O–H groups in total. The number of ether oxygens (including phenoxy) is 1. The van der Waals surface area contributed by atoms with Crippen molar-refractivity contribution in [3.63, 3.8) is 0 Å². The lowest BCUT2D eigenvalue weighted by Gasteiger charge is -2.55. The third kappa shape index (κ3) is 4.33. The van der Waals surface area contributed by atoms with Crippen LogP contribution in [0.2, 0.25) is 0 Å². The highest BCUT2D eigenvalue weighted by molar-refractivity contribution is 5.42. The summed E-state index contributed by atoms with van der Waals surface area (Å²) in [6.07, 6.45) is 8.34. The van der Waals surface area contributed by atoms with E-state index in [9.17, 15) is 9.50 Å². The Labute approximate surface area is 230 Å². The van der Waals surface area contributed by atoms with Crippen LogP contribution in [0.25, 0.3) is 5.69 Å². The smallest absolute Gasteiger partial charge is 0.127 e. The minimum absolute atomic E-state index is 0.0300. The molecular weight excluding hydrogens is 489 g/mol. The van der Waals surface area contributed by atoms with Crippen molar-refractivity contribution in [3.8, 4) is 17.2 Å². The summed E-state index contributed by atoms with van der Waals surface area (Å²) >= 11 is 0. The van der Waals surface area contributed by atoms with Crippen molar-refractivity contribution in [1.29, 1.82) is 0 Å². The maximum atomic E-state index is 13.2. The monoisotopic (exact) mass is 529 g/mol. The first-order valence-corrected chi connectivity index (χ1v) is 14.4. The summed E-state index contributed by atoms with van der Waals surface area (Å²) in [7, 11) is 0. The van der Waals surface area contributed by atoms with Gasteiger partial charge >= 0.3 is 0 Å². The molecule has 6 rings (SSSR count). The van der Waals surface area contributed by atoms with Gasteiger partial charge in [-0.25, -0.2) is 9.07 Å². The molecular formula is C33H40FN3O2. The Morgan fingerprint density at radius 2 is 1.77 bits per heavy atom. The molecule has 0 amide bonds. The first-order valence-electron chi connectivity index (χ1n) is 14.4. The molecule has 1 aromatic heterocycles. The molecule has 0 unspecified atom stereocenters. The van der Waals surface area contributed by atoms with Gasteiger partial charge in [0, 0.05) is 12.3 Å². The van der Waals surface area contributed by atoms with Gasteiger partial charge in [0.25, 0.3) is 0 Å². The van der Waals surface area contributed by atoms with E-state index in [2.05, 4.69) is 20.4 Å². The van der Waals surface area contributed by atoms with Crippen LogP contribution < -0.4 is 10.5 Å². The molecule has 2 aromatic carbocycles. The predicted molar refractivity (Wildman–Crippen MR) is 151 cm³/mol. The number of fused-ring (bicyclic) bond motifs is 2. The van der Waals surface area contributed by atoms with Gasteiger partial charge in [0.05, 0.1) is 11.9 Å². The maximum absolute atomic E-state index is 13.2. The van der Waals surface area contributed by atoms with E-state index in [0.717, 1.165) is 31.4 Å². The number of aromatic nitrogens is 2. The Bertz CT molecular complexity index is 1350. The fourth-order valence-corrected chi connectivity index (χ4v) is 8.36. The Kier molecular flexibility index (Phi) is 6.67. The number of nitrogens with two attached hydrogens (primary N) is 1. The van der Waals surface area contributed by atoms with Crippen LogP contribution >= 0.6 is 0 Å². The van der Waals surface area contributed by atoms with E-state index in [1.165, 1.54) is 41.8 Å². The summed E-state index contributed by atoms with van der Waals surface area (Å²) in [5.74, 6) is 2.64. The second-order valence-electron chi connectivity index (χ2n) is 12.6. The van der Waals surface area contributed by atoms with Gasteiger partial charge in [-0.3, -0.25) is 0 Å². The van der Waals surface area contributed by atoms with Crippen LogP contribution in [0.4, 0.5) is 4.39 Å². The molecule has 3 aliphatic rings. The van der Waals surface area contributed by atoms with Crippen LogP contribution in [0, 0.1) is 40.3 Å². The number of aliphatic hydroxyl groups is 1. The highest BCUT2D eigenvalue weighted by atomic mass is 19.1. The van der Waals surface area contributed by atoms with E-state index in [1.54, 1.807) is 12.1 Å². The van der Waals surface area contributed by atoms with Crippen molar-refractivity contribution in [2.45, 2.75) is 52.4 Å². The molecule has 206 valence electrons. The van der Waals surface area contributed by atoms with Gasteiger partial charge in [0.1, 0.15) is 17.3 Å². The Morgan fingerprint density at radius 3 is 2.44 bits per heavy atom. The zero-order valence-corrected chi connectivity index (χ0v) is 23.1. The Balaban J connectivity index is 1.25. The molecule has 0 radical (unpaired) electrons. The molecule has 0 spiro atoms. The zero-order chi connectivity index (χ0) is 27.4. The summed E-state index contributed by atoms with van der Waals surface area (Å²) in [6, 6.07) is 13.8. The number of hydrogen-bond acceptors (Lipinski definition) is 4. The fraction of sp³-hybridized carbons (Fsp3) is 0.485. The van der Waals surface area contributed by atoms with Crippen LogP contribution in [-0.2, 0) is 12.8 Å². The summed E-state index contributed by atoms with van der Waals surface area (Å²) in [5.41, 5.74) is 11.5. The van der Waals surface area contributed by atoms with Crippen molar-refractivity contribution < 1.29 is 14.2 Å². The normalized spacial score (nSPS) is 32.1. The van der Waals surface area contributed by atoms with E-state index >= 15 is 0 Å². The quantitative estimate of drug-likeness (QED) is 0.359. The van der Waals surface area contributed by atoms with Crippen molar-refractivity contribution in [1.82, 2.24) is 9.78 Å². The van der Waals surface area contributed by atoms with Crippen molar-refractivity contribution in [2.75, 3.05) is 13.2 Å². The SMILES string of the molecule is C=C1CC[C@H]2[C@H](CN)[C@@H]([C@@]3(C)Cc4cnn(-c5ccc(Oc6ccc(F)cc6)cc5)c4C[C@@H]3CO)CC[C@]12C. The van der Waals surface area contributed by atoms with Crippen LogP contribution in [0.3, 0.4) is 0 Å². The van der Waals surface area contributed by atoms with Gasteiger partial charge in [-0.2, -0.15) is 5.10 Å². The standard InChI is InChI=1S/C33H40FN3O2/c1-21-4-13-29-28(18-35)30(14-15-32(21,29)2)33(3)17-22-19-36-37(31(22)16-23(33)20-38)25-7-11-27(12-8-25)39-26-9-5-24(34)6-10-26/h5-12,19,23,28-30,38H,1,4,13-18,20,35H2,2-3H3/t23-,28+,29+,30+,32-,33+/m1/s1. The van der Waals surface area contributed by atoms with E-state index in [-0.39, 0.29) is 29.2 Å². The minimum atomic E-state index is -0.289. The molecule has 0 saturated heterocycles. The molecule has 0 bridgehead atoms. The van der Waals surface area contributed by atoms with Gasteiger partial charge in [0.15, 0.2) is 0 Å². The molecule has 6 heteroatoms. The Morgan fingerprint density at radius 1 is 1.08 bits per heavy atom. The van der Waals surface area contributed by atoms with Crippen molar-refractivity contribution in [3.05, 3.63) is 84.0 Å². The molecule has 5 nitrogen and oxygen atoms in total. The van der Waals surface area contributed by atoms with Crippen molar-refractivity contribution >= 4 is 0 Å². The lowest BCUT2D eigenvalue weighted by molar-refractivity contribution is -0.0537. The lowest BCUT2D eigenvalue weighted by atomic mass is 9.49. The van der Waals surface area contributed by atoms with E-state index < -0.39 is 0 Å². The van der Waals surface area contributed by atoms with E-state index in [1.807, 2.05) is 35.1 Å². The highest BCUT2D eigenvalue weighted by Crippen LogP contribution is 2.62. The molecule has 2 saturated carbocycles. The predicted octanol–water partition coefficient (Wildman–Crippen LogP) is 6.47. The summed E-state index contributed by atoms with van der Waals surface area (Å²) < 4.78 is 21.1. The average molecular weight is 530 g/mol. The number of halogens is 1. The van der Waals surface area contributed by atoms with E-state index in [4.69, 9.17) is 15.6 Å². The van der Waals surface area contributed by atoms with Gasteiger partial charge in [-0.1, -0.05) is 26.0 Å². The number of hydrogen-bond donors (Lipinski definition) is 2. The Hall–Kier alpha value is -2.96. The van der Waals surface area contributed by atoms with Crippen LogP contribution in [0.5, 0.6) is 11.5 Å². The minimum Gasteiger partial charge on any atom is -0.457 e. The van der Waals surface area contributed by atoms with Gasteiger partial charge < -0.3 is 15.6 Å². The summed E-state index contributed by atoms with van der Waals surface area (Å²) in [4.78, 5) is 0. The van der Waals surface area contributed by atoms with Gasteiger partial charge in [-0.05, 0) is 134 Å². The highest BCUT2D eigenvalue weighted by Gasteiger charge is 2.56. The maximum Gasteiger partial charge on any atom is 0.127 e. The van der Waals surface area contributed by atoms with Crippen LogP contribution in [0.15, 0.2) is 66.9 Å². The van der Waals surface area contributed by atoms with Crippen LogP contribution in [0.1, 0.15) is 50.8 Å².